The second kappa shape index (κ2) is 5.79. The third-order valence-electron chi connectivity index (χ3n) is 2.69. The molecule has 2 rings (SSSR count). The van der Waals surface area contributed by atoms with Crippen LogP contribution in [-0.4, -0.2) is 22.3 Å². The quantitative estimate of drug-likeness (QED) is 0.833. The molecule has 3 N–H and O–H groups in total. The summed E-state index contributed by atoms with van der Waals surface area (Å²) in [6.07, 6.45) is 4.25. The van der Waals surface area contributed by atoms with E-state index in [2.05, 4.69) is 16.6 Å². The van der Waals surface area contributed by atoms with E-state index in [-0.39, 0.29) is 5.56 Å². The molecule has 0 saturated carbocycles. The highest BCUT2D eigenvalue weighted by atomic mass is 16.4. The third kappa shape index (κ3) is 2.56. The number of aromatic carboxylic acids is 1. The topological polar surface area (TPSA) is 88.6 Å². The van der Waals surface area contributed by atoms with Crippen LogP contribution in [0.25, 0.3) is 16.6 Å². The Labute approximate surface area is 115 Å². The molecule has 100 valence electrons. The first-order valence-electron chi connectivity index (χ1n) is 5.88. The number of nitrogens with zero attached hydrogens (tertiary/aromatic N) is 2. The summed E-state index contributed by atoms with van der Waals surface area (Å²) in [5.74, 6) is -1.02. The van der Waals surface area contributed by atoms with E-state index >= 15 is 0 Å². The van der Waals surface area contributed by atoms with Crippen LogP contribution >= 0.6 is 0 Å². The average molecular weight is 267 g/mol. The van der Waals surface area contributed by atoms with E-state index in [9.17, 15) is 9.90 Å². The van der Waals surface area contributed by atoms with Gasteiger partial charge in [-0.2, -0.15) is 0 Å². The molecule has 1 aromatic heterocycles. The van der Waals surface area contributed by atoms with Crippen LogP contribution in [0.5, 0.6) is 0 Å². The number of carboxylic acid groups (broad SMARTS) is 1. The SMILES string of the molecule is C=CC=N/C(=C\N)c1cc(C(=O)O)c2ccccc2n1. The van der Waals surface area contributed by atoms with Gasteiger partial charge in [0.1, 0.15) is 5.70 Å². The predicted octanol–water partition coefficient (Wildman–Crippen LogP) is 2.45. The van der Waals surface area contributed by atoms with Crippen LogP contribution < -0.4 is 5.73 Å². The van der Waals surface area contributed by atoms with Gasteiger partial charge in [0, 0.05) is 17.8 Å². The van der Waals surface area contributed by atoms with Crippen molar-refractivity contribution in [3.05, 3.63) is 60.4 Å². The fraction of sp³-hybridized carbons (Fsp3) is 0. The van der Waals surface area contributed by atoms with Gasteiger partial charge in [0.2, 0.25) is 0 Å². The molecule has 0 atom stereocenters. The second-order valence-electron chi connectivity index (χ2n) is 3.94. The number of carbonyl (C=O) groups is 1. The van der Waals surface area contributed by atoms with E-state index in [0.29, 0.717) is 22.3 Å². The van der Waals surface area contributed by atoms with Crippen LogP contribution in [0, 0.1) is 0 Å². The van der Waals surface area contributed by atoms with Crippen molar-refractivity contribution in [2.45, 2.75) is 0 Å². The maximum Gasteiger partial charge on any atom is 0.336 e. The number of hydrogen-bond acceptors (Lipinski definition) is 4. The summed E-state index contributed by atoms with van der Waals surface area (Å²) in [6, 6.07) is 8.49. The van der Waals surface area contributed by atoms with Gasteiger partial charge in [-0.1, -0.05) is 30.9 Å². The zero-order valence-electron chi connectivity index (χ0n) is 10.7. The lowest BCUT2D eigenvalue weighted by Gasteiger charge is -2.06. The lowest BCUT2D eigenvalue weighted by molar-refractivity contribution is 0.0699. The minimum Gasteiger partial charge on any atom is -0.478 e. The van der Waals surface area contributed by atoms with Crippen LogP contribution in [0.1, 0.15) is 16.1 Å². The monoisotopic (exact) mass is 267 g/mol. The van der Waals surface area contributed by atoms with Crippen molar-refractivity contribution in [3.8, 4) is 0 Å². The normalized spacial score (nSPS) is 11.9. The number of aliphatic imine (C=N–C) groups is 1. The molecule has 1 heterocycles. The van der Waals surface area contributed by atoms with Gasteiger partial charge in [-0.05, 0) is 12.1 Å². The number of rotatable bonds is 4. The molecule has 1 aromatic carbocycles. The largest absolute Gasteiger partial charge is 0.478 e. The number of aromatic nitrogens is 1. The number of allylic oxidation sites excluding steroid dienone is 1. The molecular weight excluding hydrogens is 254 g/mol. The molecule has 0 aliphatic carbocycles. The summed E-state index contributed by atoms with van der Waals surface area (Å²) >= 11 is 0. The Hall–Kier alpha value is -2.95. The van der Waals surface area contributed by atoms with Crippen LogP contribution in [0.4, 0.5) is 0 Å². The van der Waals surface area contributed by atoms with Crippen LogP contribution in [0.3, 0.4) is 0 Å². The Morgan fingerprint density at radius 1 is 1.40 bits per heavy atom. The van der Waals surface area contributed by atoms with Crippen molar-refractivity contribution in [1.82, 2.24) is 4.98 Å². The second-order valence-corrected chi connectivity index (χ2v) is 3.94. The molecule has 0 spiro atoms. The lowest BCUT2D eigenvalue weighted by Crippen LogP contribution is -2.02. The van der Waals surface area contributed by atoms with Crippen LogP contribution in [0.2, 0.25) is 0 Å². The summed E-state index contributed by atoms with van der Waals surface area (Å²) < 4.78 is 0. The van der Waals surface area contributed by atoms with Crippen molar-refractivity contribution in [2.75, 3.05) is 0 Å². The van der Waals surface area contributed by atoms with E-state index in [1.54, 1.807) is 24.3 Å². The Morgan fingerprint density at radius 2 is 2.15 bits per heavy atom. The number of fused-ring (bicyclic) bond motifs is 1. The number of hydrogen-bond donors (Lipinski definition) is 2. The molecule has 0 bridgehead atoms. The molecule has 0 fully saturated rings. The third-order valence-corrected chi connectivity index (χ3v) is 2.69. The first-order chi connectivity index (χ1) is 9.67. The number of nitrogens with two attached hydrogens (primary N) is 1. The van der Waals surface area contributed by atoms with Crippen molar-refractivity contribution in [2.24, 2.45) is 10.7 Å². The summed E-state index contributed by atoms with van der Waals surface area (Å²) in [4.78, 5) is 19.8. The van der Waals surface area contributed by atoms with Gasteiger partial charge in [0.15, 0.2) is 0 Å². The maximum absolute atomic E-state index is 11.4. The molecule has 20 heavy (non-hydrogen) atoms. The molecule has 0 unspecified atom stereocenters. The molecule has 5 nitrogen and oxygen atoms in total. The summed E-state index contributed by atoms with van der Waals surface area (Å²) in [5.41, 5.74) is 7.05. The molecule has 0 amide bonds. The van der Waals surface area contributed by atoms with Gasteiger partial charge in [-0.25, -0.2) is 9.78 Å². The van der Waals surface area contributed by atoms with Gasteiger partial charge >= 0.3 is 5.97 Å². The van der Waals surface area contributed by atoms with Crippen molar-refractivity contribution >= 4 is 28.8 Å². The zero-order valence-corrected chi connectivity index (χ0v) is 10.7. The summed E-state index contributed by atoms with van der Waals surface area (Å²) in [7, 11) is 0. The smallest absolute Gasteiger partial charge is 0.336 e. The van der Waals surface area contributed by atoms with E-state index in [1.165, 1.54) is 24.6 Å². The predicted molar refractivity (Wildman–Crippen MR) is 79.6 cm³/mol. The first kappa shape index (κ1) is 13.5. The Bertz CT molecular complexity index is 733. The van der Waals surface area contributed by atoms with E-state index in [0.717, 1.165) is 0 Å². The first-order valence-corrected chi connectivity index (χ1v) is 5.88. The number of benzene rings is 1. The number of carboxylic acids is 1. The lowest BCUT2D eigenvalue weighted by atomic mass is 10.1. The van der Waals surface area contributed by atoms with Gasteiger partial charge in [-0.15, -0.1) is 0 Å². The molecular formula is C15H13N3O2. The Morgan fingerprint density at radius 3 is 2.80 bits per heavy atom. The minimum atomic E-state index is -1.02. The molecule has 5 heteroatoms. The van der Waals surface area contributed by atoms with E-state index in [4.69, 9.17) is 5.73 Å². The zero-order chi connectivity index (χ0) is 14.5. The van der Waals surface area contributed by atoms with Crippen molar-refractivity contribution in [1.29, 1.82) is 0 Å². The Balaban J connectivity index is 2.69. The summed E-state index contributed by atoms with van der Waals surface area (Å²) in [5, 5.41) is 9.88. The maximum atomic E-state index is 11.4. The van der Waals surface area contributed by atoms with Crippen molar-refractivity contribution < 1.29 is 9.90 Å². The molecule has 0 aliphatic heterocycles. The highest BCUT2D eigenvalue weighted by Gasteiger charge is 2.13. The average Bonchev–Trinajstić information content (AvgIpc) is 2.47. The van der Waals surface area contributed by atoms with E-state index < -0.39 is 5.97 Å². The Kier molecular flexibility index (Phi) is 3.91. The van der Waals surface area contributed by atoms with Gasteiger partial charge in [0.25, 0.3) is 0 Å². The molecule has 2 aromatic rings. The van der Waals surface area contributed by atoms with Gasteiger partial charge in [-0.3, -0.25) is 4.99 Å². The van der Waals surface area contributed by atoms with E-state index in [1.807, 2.05) is 0 Å². The highest BCUT2D eigenvalue weighted by molar-refractivity contribution is 6.03. The fourth-order valence-electron chi connectivity index (χ4n) is 1.81. The number of pyridine rings is 1. The number of para-hydroxylation sites is 1. The fourth-order valence-corrected chi connectivity index (χ4v) is 1.81. The molecule has 0 aliphatic rings. The van der Waals surface area contributed by atoms with Crippen LogP contribution in [-0.2, 0) is 0 Å². The summed E-state index contributed by atoms with van der Waals surface area (Å²) in [6.45, 7) is 3.52. The highest BCUT2D eigenvalue weighted by Crippen LogP contribution is 2.22. The molecule has 0 saturated heterocycles. The standard InChI is InChI=1S/C15H13N3O2/c1-2-7-17-14(9-16)13-8-11(15(19)20)10-5-3-4-6-12(10)18-13/h2-9H,1,16H2,(H,19,20)/b14-9-,17-7?. The minimum absolute atomic E-state index is 0.166. The molecule has 0 radical (unpaired) electrons. The van der Waals surface area contributed by atoms with Gasteiger partial charge in [0.05, 0.1) is 16.8 Å². The van der Waals surface area contributed by atoms with Crippen molar-refractivity contribution in [3.63, 3.8) is 0 Å². The van der Waals surface area contributed by atoms with Crippen LogP contribution in [0.15, 0.2) is 54.2 Å². The van der Waals surface area contributed by atoms with Gasteiger partial charge < -0.3 is 10.8 Å².